The van der Waals surface area contributed by atoms with Gasteiger partial charge in [0.1, 0.15) is 12.4 Å². The van der Waals surface area contributed by atoms with Crippen molar-refractivity contribution in [2.75, 3.05) is 37.0 Å². The minimum absolute atomic E-state index is 0.0527. The quantitative estimate of drug-likeness (QED) is 0.873. The molecule has 1 heterocycles. The molecule has 1 aromatic rings. The molecule has 2 N–H and O–H groups in total. The van der Waals surface area contributed by atoms with Crippen molar-refractivity contribution in [3.8, 4) is 5.75 Å². The number of benzene rings is 1. The number of nitrogens with zero attached hydrogens (tertiary/aromatic N) is 1. The van der Waals surface area contributed by atoms with Crippen molar-refractivity contribution in [2.24, 2.45) is 0 Å². The average molecular weight is 321 g/mol. The average Bonchev–Trinajstić information content (AvgIpc) is 2.54. The van der Waals surface area contributed by atoms with Crippen molar-refractivity contribution in [1.82, 2.24) is 5.32 Å². The van der Waals surface area contributed by atoms with E-state index in [0.29, 0.717) is 25.4 Å². The van der Waals surface area contributed by atoms with Gasteiger partial charge in [0.15, 0.2) is 5.82 Å². The summed E-state index contributed by atoms with van der Waals surface area (Å²) in [7, 11) is 1.22. The summed E-state index contributed by atoms with van der Waals surface area (Å²) in [4.78, 5) is 13.4. The molecule has 0 spiro atoms. The second-order valence-corrected chi connectivity index (χ2v) is 5.05. The van der Waals surface area contributed by atoms with Crippen LogP contribution in [-0.2, 0) is 4.74 Å². The molecule has 6 nitrogen and oxygen atoms in total. The molecule has 1 aliphatic heterocycles. The van der Waals surface area contributed by atoms with Gasteiger partial charge in [-0.2, -0.15) is 0 Å². The molecule has 1 aliphatic rings. The highest BCUT2D eigenvalue weighted by molar-refractivity contribution is 5.86. The molecule has 0 saturated carbocycles. The molecule has 0 unspecified atom stereocenters. The van der Waals surface area contributed by atoms with Crippen LogP contribution in [0.4, 0.5) is 20.6 Å². The highest BCUT2D eigenvalue weighted by Gasteiger charge is 2.22. The maximum atomic E-state index is 14.0. The number of anilines is 2. The van der Waals surface area contributed by atoms with Crippen molar-refractivity contribution >= 4 is 17.5 Å². The van der Waals surface area contributed by atoms with Crippen LogP contribution in [0.3, 0.4) is 0 Å². The number of rotatable bonds is 5. The molecule has 0 aliphatic carbocycles. The van der Waals surface area contributed by atoms with Crippen LogP contribution >= 0.6 is 0 Å². The van der Waals surface area contributed by atoms with Crippen LogP contribution < -0.4 is 20.3 Å². The molecule has 0 bridgehead atoms. The van der Waals surface area contributed by atoms with E-state index in [4.69, 9.17) is 4.74 Å². The summed E-state index contributed by atoms with van der Waals surface area (Å²) in [6.45, 7) is 7.34. The standard InChI is InChI=1S/C16H20FN3O3/c1-4-18-9-11(2)10-20-5-6-23-15-7-12(17)13(8-14(15)20)19-16(21)22-3/h4,7-9,18H,1,5-6,10H2,2-3H3,(H,19,21)/b11-9+. The van der Waals surface area contributed by atoms with Crippen molar-refractivity contribution in [2.45, 2.75) is 6.92 Å². The third-order valence-electron chi connectivity index (χ3n) is 3.32. The van der Waals surface area contributed by atoms with E-state index in [2.05, 4.69) is 26.8 Å². The largest absolute Gasteiger partial charge is 0.489 e. The Morgan fingerprint density at radius 1 is 1.57 bits per heavy atom. The number of nitrogens with one attached hydrogen (secondary N) is 2. The number of amides is 1. The molecular formula is C16H20FN3O3. The lowest BCUT2D eigenvalue weighted by atomic mass is 10.1. The molecule has 0 atom stereocenters. The minimum atomic E-state index is -0.724. The maximum absolute atomic E-state index is 14.0. The van der Waals surface area contributed by atoms with Gasteiger partial charge >= 0.3 is 6.09 Å². The zero-order valence-corrected chi connectivity index (χ0v) is 13.2. The summed E-state index contributed by atoms with van der Waals surface area (Å²) in [5.74, 6) is -0.120. The Morgan fingerprint density at radius 2 is 2.35 bits per heavy atom. The molecule has 0 fully saturated rings. The van der Waals surface area contributed by atoms with Crippen molar-refractivity contribution in [1.29, 1.82) is 0 Å². The van der Waals surface area contributed by atoms with Gasteiger partial charge in [-0.25, -0.2) is 9.18 Å². The first-order valence-electron chi connectivity index (χ1n) is 7.14. The van der Waals surface area contributed by atoms with Crippen molar-refractivity contribution in [3.05, 3.63) is 42.5 Å². The summed E-state index contributed by atoms with van der Waals surface area (Å²) in [6.07, 6.45) is 2.71. The second kappa shape index (κ2) is 7.53. The number of hydrogen-bond donors (Lipinski definition) is 2. The van der Waals surface area contributed by atoms with Crippen LogP contribution in [0.1, 0.15) is 6.92 Å². The SMILES string of the molecule is C=CN/C=C(\C)CN1CCOc2cc(F)c(NC(=O)OC)cc21. The fourth-order valence-corrected chi connectivity index (χ4v) is 2.26. The van der Waals surface area contributed by atoms with E-state index in [1.165, 1.54) is 13.2 Å². The number of ether oxygens (including phenoxy) is 2. The van der Waals surface area contributed by atoms with Gasteiger partial charge in [0, 0.05) is 18.8 Å². The van der Waals surface area contributed by atoms with Crippen LogP contribution in [0.25, 0.3) is 0 Å². The minimum Gasteiger partial charge on any atom is -0.489 e. The summed E-state index contributed by atoms with van der Waals surface area (Å²) in [5.41, 5.74) is 1.84. The van der Waals surface area contributed by atoms with Crippen LogP contribution in [0.2, 0.25) is 0 Å². The Hall–Kier alpha value is -2.70. The summed E-state index contributed by atoms with van der Waals surface area (Å²) >= 11 is 0. The topological polar surface area (TPSA) is 62.8 Å². The highest BCUT2D eigenvalue weighted by atomic mass is 19.1. The van der Waals surface area contributed by atoms with Gasteiger partial charge in [-0.05, 0) is 24.8 Å². The predicted octanol–water partition coefficient (Wildman–Crippen LogP) is 2.84. The monoisotopic (exact) mass is 321 g/mol. The first kappa shape index (κ1) is 16.7. The Labute approximate surface area is 134 Å². The lowest BCUT2D eigenvalue weighted by Gasteiger charge is -2.32. The van der Waals surface area contributed by atoms with Gasteiger partial charge in [0.05, 0.1) is 25.0 Å². The lowest BCUT2D eigenvalue weighted by Crippen LogP contribution is -2.34. The van der Waals surface area contributed by atoms with Gasteiger partial charge < -0.3 is 19.7 Å². The smallest absolute Gasteiger partial charge is 0.411 e. The van der Waals surface area contributed by atoms with E-state index in [1.807, 2.05) is 13.1 Å². The zero-order valence-electron chi connectivity index (χ0n) is 13.2. The number of carbonyl (C=O) groups excluding carboxylic acids is 1. The third-order valence-corrected chi connectivity index (χ3v) is 3.32. The van der Waals surface area contributed by atoms with Gasteiger partial charge in [-0.1, -0.05) is 6.58 Å². The molecule has 2 rings (SSSR count). The van der Waals surface area contributed by atoms with Gasteiger partial charge in [0.2, 0.25) is 0 Å². The van der Waals surface area contributed by atoms with Crippen LogP contribution in [0, 0.1) is 5.82 Å². The summed E-state index contributed by atoms with van der Waals surface area (Å²) < 4.78 is 24.0. The molecule has 0 radical (unpaired) electrons. The molecule has 0 aromatic heterocycles. The number of methoxy groups -OCH3 is 1. The van der Waals surface area contributed by atoms with E-state index >= 15 is 0 Å². The molecule has 23 heavy (non-hydrogen) atoms. The molecule has 1 aromatic carbocycles. The molecular weight excluding hydrogens is 301 g/mol. The second-order valence-electron chi connectivity index (χ2n) is 5.05. The van der Waals surface area contributed by atoms with E-state index in [9.17, 15) is 9.18 Å². The number of carbonyl (C=O) groups is 1. The first-order valence-corrected chi connectivity index (χ1v) is 7.14. The van der Waals surface area contributed by atoms with E-state index in [-0.39, 0.29) is 5.69 Å². The molecule has 0 saturated heterocycles. The molecule has 7 heteroatoms. The lowest BCUT2D eigenvalue weighted by molar-refractivity contribution is 0.186. The summed E-state index contributed by atoms with van der Waals surface area (Å²) in [5, 5.41) is 5.29. The maximum Gasteiger partial charge on any atom is 0.411 e. The van der Waals surface area contributed by atoms with E-state index in [1.54, 1.807) is 12.3 Å². The molecule has 1 amide bonds. The zero-order chi connectivity index (χ0) is 16.8. The Bertz CT molecular complexity index is 631. The van der Waals surface area contributed by atoms with Gasteiger partial charge in [-0.3, -0.25) is 5.32 Å². The van der Waals surface area contributed by atoms with Crippen molar-refractivity contribution < 1.29 is 18.7 Å². The number of fused-ring (bicyclic) bond motifs is 1. The normalized spacial score (nSPS) is 13.7. The van der Waals surface area contributed by atoms with Crippen LogP contribution in [0.15, 0.2) is 36.7 Å². The van der Waals surface area contributed by atoms with Crippen LogP contribution in [-0.4, -0.2) is 32.9 Å². The number of halogens is 1. The Morgan fingerprint density at radius 3 is 3.04 bits per heavy atom. The predicted molar refractivity (Wildman–Crippen MR) is 87.2 cm³/mol. The highest BCUT2D eigenvalue weighted by Crippen LogP contribution is 2.36. The fourth-order valence-electron chi connectivity index (χ4n) is 2.26. The van der Waals surface area contributed by atoms with Gasteiger partial charge in [0.25, 0.3) is 0 Å². The van der Waals surface area contributed by atoms with Crippen molar-refractivity contribution in [3.63, 3.8) is 0 Å². The van der Waals surface area contributed by atoms with Crippen LogP contribution in [0.5, 0.6) is 5.75 Å². The number of hydrogen-bond acceptors (Lipinski definition) is 5. The first-order chi connectivity index (χ1) is 11.0. The van der Waals surface area contributed by atoms with Gasteiger partial charge in [-0.15, -0.1) is 0 Å². The molecule has 124 valence electrons. The Balaban J connectivity index is 2.26. The third kappa shape index (κ3) is 4.15. The van der Waals surface area contributed by atoms with E-state index < -0.39 is 11.9 Å². The Kier molecular flexibility index (Phi) is 5.46. The summed E-state index contributed by atoms with van der Waals surface area (Å²) in [6, 6.07) is 2.82. The fraction of sp³-hybridized carbons (Fsp3) is 0.312. The van der Waals surface area contributed by atoms with E-state index in [0.717, 1.165) is 11.3 Å².